The molecule has 6 heteroatoms. The van der Waals surface area contributed by atoms with E-state index in [1.165, 1.54) is 7.11 Å². The third-order valence-corrected chi connectivity index (χ3v) is 4.00. The van der Waals surface area contributed by atoms with Crippen LogP contribution in [0.15, 0.2) is 42.5 Å². The predicted octanol–water partition coefficient (Wildman–Crippen LogP) is 2.35. The number of hydrogen-bond acceptors (Lipinski definition) is 4. The lowest BCUT2D eigenvalue weighted by Crippen LogP contribution is -2.25. The number of aliphatic carboxylic acids is 1. The van der Waals surface area contributed by atoms with Crippen LogP contribution in [0.3, 0.4) is 0 Å². The molecule has 0 aliphatic heterocycles. The van der Waals surface area contributed by atoms with Gasteiger partial charge in [0.15, 0.2) is 0 Å². The number of H-pyrrole nitrogens is 1. The normalized spacial score (nSPS) is 10.8. The molecule has 1 heterocycles. The summed E-state index contributed by atoms with van der Waals surface area (Å²) in [5.41, 5.74) is 1.66. The van der Waals surface area contributed by atoms with Crippen LogP contribution in [0.4, 0.5) is 0 Å². The van der Waals surface area contributed by atoms with Crippen molar-refractivity contribution < 1.29 is 19.4 Å². The van der Waals surface area contributed by atoms with Crippen LogP contribution in [0.1, 0.15) is 21.6 Å². The number of carboxylic acid groups (broad SMARTS) is 1. The molecule has 0 spiro atoms. The fourth-order valence-corrected chi connectivity index (χ4v) is 2.80. The number of ketones is 1. The number of carboxylic acids is 1. The first kappa shape index (κ1) is 16.1. The zero-order chi connectivity index (χ0) is 17.3. The second-order valence-corrected chi connectivity index (χ2v) is 5.71. The molecule has 0 atom stereocenters. The van der Waals surface area contributed by atoms with Gasteiger partial charge in [0, 0.05) is 33.9 Å². The zero-order valence-corrected chi connectivity index (χ0v) is 13.5. The molecule has 0 amide bonds. The number of fused-ring (bicyclic) bond motifs is 1. The van der Waals surface area contributed by atoms with Crippen LogP contribution in [-0.4, -0.2) is 23.8 Å². The van der Waals surface area contributed by atoms with Crippen molar-refractivity contribution in [2.75, 3.05) is 7.11 Å². The Balaban J connectivity index is 2.12. The number of aromatic amines is 1. The number of nitrogens with one attached hydrogen (secondary N) is 1. The summed E-state index contributed by atoms with van der Waals surface area (Å²) in [6.45, 7) is 0. The summed E-state index contributed by atoms with van der Waals surface area (Å²) in [7, 11) is 1.54. The molecule has 0 saturated heterocycles. The van der Waals surface area contributed by atoms with E-state index in [2.05, 4.69) is 4.98 Å². The quantitative estimate of drug-likeness (QED) is 0.721. The second kappa shape index (κ2) is 6.37. The molecule has 3 rings (SSSR count). The van der Waals surface area contributed by atoms with E-state index < -0.39 is 5.97 Å². The highest BCUT2D eigenvalue weighted by molar-refractivity contribution is 6.31. The third-order valence-electron chi connectivity index (χ3n) is 3.77. The third kappa shape index (κ3) is 2.98. The summed E-state index contributed by atoms with van der Waals surface area (Å²) in [5.74, 6) is -0.939. The van der Waals surface area contributed by atoms with Gasteiger partial charge in [0.2, 0.25) is 5.78 Å². The molecule has 122 valence electrons. The molecule has 1 N–H and O–H groups in total. The van der Waals surface area contributed by atoms with Gasteiger partial charge in [-0.2, -0.15) is 0 Å². The average Bonchev–Trinajstić information content (AvgIpc) is 2.91. The van der Waals surface area contributed by atoms with Crippen LogP contribution >= 0.6 is 11.6 Å². The minimum Gasteiger partial charge on any atom is -0.550 e. The summed E-state index contributed by atoms with van der Waals surface area (Å²) < 4.78 is 5.07. The number of methoxy groups -OCH3 is 1. The van der Waals surface area contributed by atoms with E-state index >= 15 is 0 Å². The first-order valence-electron chi connectivity index (χ1n) is 7.18. The Kier molecular flexibility index (Phi) is 4.27. The lowest BCUT2D eigenvalue weighted by Gasteiger charge is -2.06. The number of rotatable bonds is 5. The van der Waals surface area contributed by atoms with Crippen molar-refractivity contribution in [2.45, 2.75) is 6.42 Å². The maximum Gasteiger partial charge on any atom is 0.209 e. The number of halogens is 1. The van der Waals surface area contributed by atoms with Gasteiger partial charge in [-0.3, -0.25) is 4.79 Å². The SMILES string of the molecule is COc1ccc(C(=O)c2[nH]c3ccc(Cl)cc3c2CC(=O)[O-])cc1. The van der Waals surface area contributed by atoms with Gasteiger partial charge in [0.25, 0.3) is 0 Å². The van der Waals surface area contributed by atoms with Crippen LogP contribution in [0.5, 0.6) is 5.75 Å². The number of hydrogen-bond donors (Lipinski definition) is 1. The van der Waals surface area contributed by atoms with Crippen LogP contribution in [0, 0.1) is 0 Å². The van der Waals surface area contributed by atoms with Crippen LogP contribution in [-0.2, 0) is 11.2 Å². The Hall–Kier alpha value is -2.79. The van der Waals surface area contributed by atoms with E-state index in [1.807, 2.05) is 0 Å². The minimum atomic E-state index is -1.26. The lowest BCUT2D eigenvalue weighted by atomic mass is 10.0. The number of carbonyl (C=O) groups is 2. The van der Waals surface area contributed by atoms with Gasteiger partial charge >= 0.3 is 0 Å². The van der Waals surface area contributed by atoms with E-state index in [1.54, 1.807) is 42.5 Å². The number of benzene rings is 2. The van der Waals surface area contributed by atoms with Crippen molar-refractivity contribution >= 4 is 34.3 Å². The smallest absolute Gasteiger partial charge is 0.209 e. The summed E-state index contributed by atoms with van der Waals surface area (Å²) in [6, 6.07) is 11.6. The molecule has 3 aromatic rings. The Labute approximate surface area is 142 Å². The molecular weight excluding hydrogens is 330 g/mol. The van der Waals surface area contributed by atoms with E-state index in [0.29, 0.717) is 32.8 Å². The molecular formula is C18H13ClNO4-. The molecule has 0 bridgehead atoms. The highest BCUT2D eigenvalue weighted by atomic mass is 35.5. The van der Waals surface area contributed by atoms with E-state index in [4.69, 9.17) is 16.3 Å². The fraction of sp³-hybridized carbons (Fsp3) is 0.111. The predicted molar refractivity (Wildman–Crippen MR) is 88.4 cm³/mol. The molecule has 0 radical (unpaired) electrons. The van der Waals surface area contributed by atoms with Crippen LogP contribution in [0.2, 0.25) is 5.02 Å². The second-order valence-electron chi connectivity index (χ2n) is 5.27. The Bertz CT molecular complexity index is 928. The van der Waals surface area contributed by atoms with Gasteiger partial charge in [-0.15, -0.1) is 0 Å². The number of carbonyl (C=O) groups excluding carboxylic acids is 2. The van der Waals surface area contributed by atoms with Gasteiger partial charge in [-0.25, -0.2) is 0 Å². The van der Waals surface area contributed by atoms with Crippen molar-refractivity contribution in [3.63, 3.8) is 0 Å². The van der Waals surface area contributed by atoms with Gasteiger partial charge in [-0.1, -0.05) is 11.6 Å². The number of aromatic nitrogens is 1. The minimum absolute atomic E-state index is 0.224. The largest absolute Gasteiger partial charge is 0.550 e. The molecule has 0 unspecified atom stereocenters. The van der Waals surface area contributed by atoms with Crippen molar-refractivity contribution in [2.24, 2.45) is 0 Å². The molecule has 24 heavy (non-hydrogen) atoms. The van der Waals surface area contributed by atoms with Gasteiger partial charge < -0.3 is 19.6 Å². The highest BCUT2D eigenvalue weighted by Crippen LogP contribution is 2.28. The van der Waals surface area contributed by atoms with Crippen molar-refractivity contribution in [3.05, 3.63) is 64.3 Å². The first-order valence-corrected chi connectivity index (χ1v) is 7.56. The summed E-state index contributed by atoms with van der Waals surface area (Å²) in [4.78, 5) is 26.9. The Morgan fingerprint density at radius 1 is 1.17 bits per heavy atom. The summed E-state index contributed by atoms with van der Waals surface area (Å²) >= 11 is 5.99. The van der Waals surface area contributed by atoms with Gasteiger partial charge in [0.1, 0.15) is 5.75 Å². The molecule has 5 nitrogen and oxygen atoms in total. The van der Waals surface area contributed by atoms with Gasteiger partial charge in [-0.05, 0) is 48.0 Å². The van der Waals surface area contributed by atoms with E-state index in [-0.39, 0.29) is 17.9 Å². The molecule has 0 fully saturated rings. The van der Waals surface area contributed by atoms with E-state index in [0.717, 1.165) is 0 Å². The lowest BCUT2D eigenvalue weighted by molar-refractivity contribution is -0.304. The highest BCUT2D eigenvalue weighted by Gasteiger charge is 2.19. The van der Waals surface area contributed by atoms with Gasteiger partial charge in [0.05, 0.1) is 12.8 Å². The molecule has 1 aromatic heterocycles. The summed E-state index contributed by atoms with van der Waals surface area (Å²) in [5, 5.41) is 12.2. The topological polar surface area (TPSA) is 82.2 Å². The Morgan fingerprint density at radius 3 is 2.50 bits per heavy atom. The van der Waals surface area contributed by atoms with Crippen LogP contribution < -0.4 is 9.84 Å². The van der Waals surface area contributed by atoms with Crippen molar-refractivity contribution in [1.29, 1.82) is 0 Å². The first-order chi connectivity index (χ1) is 11.5. The monoisotopic (exact) mass is 342 g/mol. The van der Waals surface area contributed by atoms with E-state index in [9.17, 15) is 14.7 Å². The molecule has 0 saturated carbocycles. The van der Waals surface area contributed by atoms with Crippen molar-refractivity contribution in [1.82, 2.24) is 4.98 Å². The maximum atomic E-state index is 12.8. The van der Waals surface area contributed by atoms with Crippen LogP contribution in [0.25, 0.3) is 10.9 Å². The molecule has 0 aliphatic carbocycles. The number of ether oxygens (including phenoxy) is 1. The standard InChI is InChI=1S/C18H14ClNO4/c1-24-12-5-2-10(3-6-12)18(23)17-14(9-16(21)22)13-8-11(19)4-7-15(13)20-17/h2-8,20H,9H2,1H3,(H,21,22)/p-1. The zero-order valence-electron chi connectivity index (χ0n) is 12.8. The summed E-state index contributed by atoms with van der Waals surface area (Å²) in [6.07, 6.45) is -0.377. The maximum absolute atomic E-state index is 12.8. The van der Waals surface area contributed by atoms with Crippen molar-refractivity contribution in [3.8, 4) is 5.75 Å². The molecule has 0 aliphatic rings. The molecule has 2 aromatic carbocycles. The fourth-order valence-electron chi connectivity index (χ4n) is 2.63. The Morgan fingerprint density at radius 2 is 1.88 bits per heavy atom. The average molecular weight is 343 g/mol.